The molecule has 2 rings (SSSR count). The highest BCUT2D eigenvalue weighted by Gasteiger charge is 2.16. The molecule has 1 aliphatic carbocycles. The molecule has 0 amide bonds. The standard InChI is InChI=1S/C11H16N2/c1-13-9-6-5-8-3-2-4-11(12)10(8)7-9/h5-7,11,13H,2-4,12H2,1H3. The molecule has 1 aliphatic rings. The van der Waals surface area contributed by atoms with E-state index in [0.29, 0.717) is 0 Å². The van der Waals surface area contributed by atoms with E-state index in [-0.39, 0.29) is 6.04 Å². The number of rotatable bonds is 1. The molecule has 0 aromatic heterocycles. The van der Waals surface area contributed by atoms with Gasteiger partial charge in [0.15, 0.2) is 0 Å². The van der Waals surface area contributed by atoms with Crippen LogP contribution in [0.25, 0.3) is 0 Å². The molecule has 0 bridgehead atoms. The van der Waals surface area contributed by atoms with E-state index >= 15 is 0 Å². The zero-order valence-corrected chi connectivity index (χ0v) is 8.01. The monoisotopic (exact) mass is 176 g/mol. The van der Waals surface area contributed by atoms with Gasteiger partial charge in [0, 0.05) is 18.8 Å². The van der Waals surface area contributed by atoms with Gasteiger partial charge in [0.05, 0.1) is 0 Å². The van der Waals surface area contributed by atoms with E-state index in [9.17, 15) is 0 Å². The summed E-state index contributed by atoms with van der Waals surface area (Å²) in [7, 11) is 1.94. The van der Waals surface area contributed by atoms with Crippen LogP contribution < -0.4 is 11.1 Å². The SMILES string of the molecule is CNc1ccc2c(c1)C(N)CCC2. The molecule has 0 radical (unpaired) electrons. The van der Waals surface area contributed by atoms with Crippen molar-refractivity contribution in [2.45, 2.75) is 25.3 Å². The number of aryl methyl sites for hydroxylation is 1. The summed E-state index contributed by atoms with van der Waals surface area (Å²) in [6, 6.07) is 6.74. The van der Waals surface area contributed by atoms with E-state index < -0.39 is 0 Å². The first kappa shape index (κ1) is 8.57. The Balaban J connectivity index is 2.41. The second-order valence-corrected chi connectivity index (χ2v) is 3.66. The number of nitrogens with two attached hydrogens (primary N) is 1. The summed E-state index contributed by atoms with van der Waals surface area (Å²) >= 11 is 0. The summed E-state index contributed by atoms with van der Waals surface area (Å²) in [4.78, 5) is 0. The van der Waals surface area contributed by atoms with Gasteiger partial charge in [-0.2, -0.15) is 0 Å². The summed E-state index contributed by atoms with van der Waals surface area (Å²) in [6.07, 6.45) is 3.54. The zero-order chi connectivity index (χ0) is 9.26. The van der Waals surface area contributed by atoms with E-state index in [1.165, 1.54) is 24.0 Å². The van der Waals surface area contributed by atoms with Crippen LogP contribution in [0.1, 0.15) is 30.0 Å². The van der Waals surface area contributed by atoms with Crippen molar-refractivity contribution in [3.63, 3.8) is 0 Å². The molecule has 0 aliphatic heterocycles. The van der Waals surface area contributed by atoms with Crippen LogP contribution >= 0.6 is 0 Å². The topological polar surface area (TPSA) is 38.0 Å². The number of hydrogen-bond donors (Lipinski definition) is 2. The maximum atomic E-state index is 6.04. The summed E-state index contributed by atoms with van der Waals surface area (Å²) in [5, 5.41) is 3.14. The van der Waals surface area contributed by atoms with Crippen LogP contribution in [0.2, 0.25) is 0 Å². The van der Waals surface area contributed by atoms with E-state index in [0.717, 1.165) is 12.1 Å². The normalized spacial score (nSPS) is 20.9. The summed E-state index contributed by atoms with van der Waals surface area (Å²) in [5.74, 6) is 0. The molecule has 13 heavy (non-hydrogen) atoms. The van der Waals surface area contributed by atoms with Gasteiger partial charge in [0.1, 0.15) is 0 Å². The fourth-order valence-electron chi connectivity index (χ4n) is 1.99. The summed E-state index contributed by atoms with van der Waals surface area (Å²) in [6.45, 7) is 0. The van der Waals surface area contributed by atoms with Crippen molar-refractivity contribution < 1.29 is 0 Å². The average molecular weight is 176 g/mol. The van der Waals surface area contributed by atoms with Crippen LogP contribution in [0.5, 0.6) is 0 Å². The van der Waals surface area contributed by atoms with Gasteiger partial charge in [-0.05, 0) is 42.5 Å². The van der Waals surface area contributed by atoms with Crippen molar-refractivity contribution in [1.29, 1.82) is 0 Å². The fraction of sp³-hybridized carbons (Fsp3) is 0.455. The molecule has 0 saturated heterocycles. The molecule has 1 unspecified atom stereocenters. The van der Waals surface area contributed by atoms with Crippen LogP contribution in [0.15, 0.2) is 18.2 Å². The quantitative estimate of drug-likeness (QED) is 0.687. The van der Waals surface area contributed by atoms with E-state index in [1.807, 2.05) is 7.05 Å². The third kappa shape index (κ3) is 1.54. The third-order valence-electron chi connectivity index (χ3n) is 2.80. The summed E-state index contributed by atoms with van der Waals surface area (Å²) in [5.41, 5.74) is 9.97. The molecule has 3 N–H and O–H groups in total. The molecular weight excluding hydrogens is 160 g/mol. The minimum absolute atomic E-state index is 0.247. The highest BCUT2D eigenvalue weighted by molar-refractivity contribution is 5.49. The van der Waals surface area contributed by atoms with E-state index in [4.69, 9.17) is 5.73 Å². The fourth-order valence-corrected chi connectivity index (χ4v) is 1.99. The molecule has 0 heterocycles. The Bertz CT molecular complexity index is 307. The largest absolute Gasteiger partial charge is 0.388 e. The summed E-state index contributed by atoms with van der Waals surface area (Å²) < 4.78 is 0. The van der Waals surface area contributed by atoms with Gasteiger partial charge >= 0.3 is 0 Å². The Kier molecular flexibility index (Phi) is 2.23. The lowest BCUT2D eigenvalue weighted by Crippen LogP contribution is -2.17. The first-order valence-corrected chi connectivity index (χ1v) is 4.87. The molecule has 1 atom stereocenters. The molecular formula is C11H16N2. The second-order valence-electron chi connectivity index (χ2n) is 3.66. The average Bonchev–Trinajstić information content (AvgIpc) is 2.18. The molecule has 0 saturated carbocycles. The van der Waals surface area contributed by atoms with E-state index in [2.05, 4.69) is 23.5 Å². The molecule has 70 valence electrons. The second kappa shape index (κ2) is 3.38. The van der Waals surface area contributed by atoms with Crippen molar-refractivity contribution in [2.24, 2.45) is 5.73 Å². The van der Waals surface area contributed by atoms with Gasteiger partial charge in [0.25, 0.3) is 0 Å². The minimum Gasteiger partial charge on any atom is -0.388 e. The molecule has 0 fully saturated rings. The first-order chi connectivity index (χ1) is 6.31. The highest BCUT2D eigenvalue weighted by atomic mass is 14.8. The number of nitrogens with one attached hydrogen (secondary N) is 1. The van der Waals surface area contributed by atoms with Gasteiger partial charge in [-0.15, -0.1) is 0 Å². The van der Waals surface area contributed by atoms with Crippen molar-refractivity contribution in [3.05, 3.63) is 29.3 Å². The van der Waals surface area contributed by atoms with Gasteiger partial charge in [-0.1, -0.05) is 6.07 Å². The Morgan fingerprint density at radius 3 is 3.08 bits per heavy atom. The zero-order valence-electron chi connectivity index (χ0n) is 8.01. The van der Waals surface area contributed by atoms with Gasteiger partial charge in [-0.25, -0.2) is 0 Å². The predicted molar refractivity (Wildman–Crippen MR) is 55.9 cm³/mol. The molecule has 1 aromatic rings. The molecule has 1 aromatic carbocycles. The van der Waals surface area contributed by atoms with Crippen LogP contribution in [0, 0.1) is 0 Å². The molecule has 0 spiro atoms. The Morgan fingerprint density at radius 1 is 1.46 bits per heavy atom. The third-order valence-corrected chi connectivity index (χ3v) is 2.80. The van der Waals surface area contributed by atoms with Crippen molar-refractivity contribution in [1.82, 2.24) is 0 Å². The lowest BCUT2D eigenvalue weighted by Gasteiger charge is -2.22. The number of fused-ring (bicyclic) bond motifs is 1. The number of hydrogen-bond acceptors (Lipinski definition) is 2. The maximum Gasteiger partial charge on any atom is 0.0341 e. The van der Waals surface area contributed by atoms with Crippen LogP contribution in [0.4, 0.5) is 5.69 Å². The number of anilines is 1. The van der Waals surface area contributed by atoms with Gasteiger partial charge in [-0.3, -0.25) is 0 Å². The maximum absolute atomic E-state index is 6.04. The Morgan fingerprint density at radius 2 is 2.31 bits per heavy atom. The first-order valence-electron chi connectivity index (χ1n) is 4.87. The van der Waals surface area contributed by atoms with Crippen LogP contribution in [-0.2, 0) is 6.42 Å². The van der Waals surface area contributed by atoms with Gasteiger partial charge in [0.2, 0.25) is 0 Å². The van der Waals surface area contributed by atoms with Crippen LogP contribution in [-0.4, -0.2) is 7.05 Å². The van der Waals surface area contributed by atoms with Crippen molar-refractivity contribution in [2.75, 3.05) is 12.4 Å². The lowest BCUT2D eigenvalue weighted by atomic mass is 9.88. The Hall–Kier alpha value is -1.02. The lowest BCUT2D eigenvalue weighted by molar-refractivity contribution is 0.571. The Labute approximate surface area is 79.1 Å². The smallest absolute Gasteiger partial charge is 0.0341 e. The van der Waals surface area contributed by atoms with Crippen LogP contribution in [0.3, 0.4) is 0 Å². The molecule has 2 heteroatoms. The van der Waals surface area contributed by atoms with Crippen molar-refractivity contribution >= 4 is 5.69 Å². The van der Waals surface area contributed by atoms with Gasteiger partial charge < -0.3 is 11.1 Å². The number of benzene rings is 1. The molecule has 2 nitrogen and oxygen atoms in total. The highest BCUT2D eigenvalue weighted by Crippen LogP contribution is 2.29. The minimum atomic E-state index is 0.247. The predicted octanol–water partition coefficient (Wildman–Crippen LogP) is 2.06. The van der Waals surface area contributed by atoms with E-state index in [1.54, 1.807) is 0 Å². The van der Waals surface area contributed by atoms with Crippen molar-refractivity contribution in [3.8, 4) is 0 Å².